The third-order valence-corrected chi connectivity index (χ3v) is 6.44. The minimum atomic E-state index is -0.564. The van der Waals surface area contributed by atoms with Gasteiger partial charge >= 0.3 is 0 Å². The molecule has 0 aromatic heterocycles. The Morgan fingerprint density at radius 2 is 1.96 bits per heavy atom. The molecule has 1 saturated heterocycles. The summed E-state index contributed by atoms with van der Waals surface area (Å²) in [5.41, 5.74) is 4.47. The number of hydrogen-bond acceptors (Lipinski definition) is 6. The van der Waals surface area contributed by atoms with Crippen molar-refractivity contribution in [3.8, 4) is 11.5 Å². The lowest BCUT2D eigenvalue weighted by Crippen LogP contribution is -2.45. The Morgan fingerprint density at radius 1 is 1.15 bits per heavy atom. The van der Waals surface area contributed by atoms with Crippen LogP contribution in [0.2, 0.25) is 0 Å². The van der Waals surface area contributed by atoms with Gasteiger partial charge in [-0.2, -0.15) is 0 Å². The summed E-state index contributed by atoms with van der Waals surface area (Å²) in [5.74, 6) is 1.22. The first-order valence-electron chi connectivity index (χ1n) is 9.69. The third-order valence-electron chi connectivity index (χ3n) is 6.44. The molecule has 1 atom stereocenters. The average molecular weight is 371 g/mol. The van der Waals surface area contributed by atoms with Crippen molar-refractivity contribution in [1.29, 1.82) is 0 Å². The summed E-state index contributed by atoms with van der Waals surface area (Å²) >= 11 is 0. The van der Waals surface area contributed by atoms with Crippen molar-refractivity contribution in [1.82, 2.24) is 4.90 Å². The summed E-state index contributed by atoms with van der Waals surface area (Å²) in [7, 11) is 3.34. The van der Waals surface area contributed by atoms with E-state index in [1.807, 2.05) is 6.07 Å². The van der Waals surface area contributed by atoms with Gasteiger partial charge in [0.1, 0.15) is 0 Å². The molecule has 1 unspecified atom stereocenters. The van der Waals surface area contributed by atoms with E-state index in [2.05, 4.69) is 11.0 Å². The Kier molecular flexibility index (Phi) is 3.95. The van der Waals surface area contributed by atoms with Crippen molar-refractivity contribution in [3.63, 3.8) is 0 Å². The van der Waals surface area contributed by atoms with Crippen LogP contribution < -0.4 is 9.47 Å². The van der Waals surface area contributed by atoms with Crippen molar-refractivity contribution in [3.05, 3.63) is 34.5 Å². The second-order valence-electron chi connectivity index (χ2n) is 7.66. The first-order valence-corrected chi connectivity index (χ1v) is 9.69. The molecule has 0 bridgehead atoms. The van der Waals surface area contributed by atoms with Gasteiger partial charge in [-0.25, -0.2) is 0 Å². The van der Waals surface area contributed by atoms with Gasteiger partial charge < -0.3 is 23.8 Å². The largest absolute Gasteiger partial charge is 0.493 e. The second kappa shape index (κ2) is 6.24. The van der Waals surface area contributed by atoms with Crippen LogP contribution in [0.1, 0.15) is 42.9 Å². The number of hydrogen-bond donors (Lipinski definition) is 0. The summed E-state index contributed by atoms with van der Waals surface area (Å²) in [5, 5.41) is 0. The summed E-state index contributed by atoms with van der Waals surface area (Å²) < 4.78 is 22.8. The van der Waals surface area contributed by atoms with E-state index in [9.17, 15) is 4.79 Å². The Labute approximate surface area is 159 Å². The lowest BCUT2D eigenvalue weighted by molar-refractivity contribution is -0.168. The zero-order valence-corrected chi connectivity index (χ0v) is 15.9. The fourth-order valence-electron chi connectivity index (χ4n) is 5.21. The molecule has 1 fully saturated rings. The van der Waals surface area contributed by atoms with E-state index < -0.39 is 5.79 Å². The maximum absolute atomic E-state index is 13.1. The molecule has 1 aromatic carbocycles. The van der Waals surface area contributed by atoms with Gasteiger partial charge in [0.25, 0.3) is 0 Å². The van der Waals surface area contributed by atoms with Gasteiger partial charge in [-0.1, -0.05) is 6.07 Å². The number of nitrogens with zero attached hydrogens (tertiary/aromatic N) is 1. The van der Waals surface area contributed by atoms with Crippen LogP contribution in [0.25, 0.3) is 0 Å². The minimum absolute atomic E-state index is 0.0827. The smallest absolute Gasteiger partial charge is 0.173 e. The quantitative estimate of drug-likeness (QED) is 0.797. The highest BCUT2D eigenvalue weighted by atomic mass is 16.7. The molecule has 1 aromatic rings. The van der Waals surface area contributed by atoms with E-state index in [4.69, 9.17) is 18.9 Å². The molecule has 1 spiro atoms. The highest BCUT2D eigenvalue weighted by Gasteiger charge is 2.47. The van der Waals surface area contributed by atoms with Gasteiger partial charge in [-0.05, 0) is 24.5 Å². The average Bonchev–Trinajstić information content (AvgIpc) is 3.14. The van der Waals surface area contributed by atoms with E-state index in [0.29, 0.717) is 26.1 Å². The van der Waals surface area contributed by atoms with Gasteiger partial charge in [0.05, 0.1) is 33.5 Å². The Balaban J connectivity index is 1.53. The minimum Gasteiger partial charge on any atom is -0.493 e. The third kappa shape index (κ3) is 2.50. The Hall–Kier alpha value is -2.05. The van der Waals surface area contributed by atoms with Crippen LogP contribution in [0, 0.1) is 0 Å². The number of carbonyl (C=O) groups excluding carboxylic acids is 1. The first-order chi connectivity index (χ1) is 13.2. The molecular formula is C21H25NO5. The number of ketones is 1. The number of ether oxygens (including phenoxy) is 4. The van der Waals surface area contributed by atoms with E-state index >= 15 is 0 Å². The number of Topliss-reactive ketones (excluding diaryl/α,β-unsaturated/α-hetero) is 1. The van der Waals surface area contributed by atoms with Crippen LogP contribution in [0.4, 0.5) is 0 Å². The molecule has 1 aliphatic carbocycles. The standard InChI is InChI=1S/C21H25NO5/c1-24-19-4-3-13-14(20(19)25-2)6-8-22-16-5-7-21(26-9-10-27-21)12-15(16)18(23)11-17(13)22/h3-4,17H,5-12H2,1-2H3. The van der Waals surface area contributed by atoms with Crippen LogP contribution in [-0.4, -0.2) is 50.4 Å². The number of allylic oxidation sites excluding steroid dienone is 1. The van der Waals surface area contributed by atoms with Crippen LogP contribution in [0.5, 0.6) is 11.5 Å². The summed E-state index contributed by atoms with van der Waals surface area (Å²) in [6.07, 6.45) is 3.62. The van der Waals surface area contributed by atoms with Gasteiger partial charge in [-0.15, -0.1) is 0 Å². The van der Waals surface area contributed by atoms with Crippen LogP contribution in [-0.2, 0) is 20.7 Å². The van der Waals surface area contributed by atoms with Crippen LogP contribution in [0.3, 0.4) is 0 Å². The Bertz CT molecular complexity index is 824. The van der Waals surface area contributed by atoms with Crippen molar-refractivity contribution >= 4 is 5.78 Å². The van der Waals surface area contributed by atoms with E-state index in [1.54, 1.807) is 14.2 Å². The van der Waals surface area contributed by atoms with Crippen molar-refractivity contribution in [2.75, 3.05) is 34.0 Å². The number of methoxy groups -OCH3 is 2. The zero-order valence-electron chi connectivity index (χ0n) is 15.9. The van der Waals surface area contributed by atoms with Gasteiger partial charge in [0.15, 0.2) is 23.1 Å². The maximum atomic E-state index is 13.1. The van der Waals surface area contributed by atoms with Gasteiger partial charge in [0.2, 0.25) is 0 Å². The molecule has 4 aliphatic rings. The fraction of sp³-hybridized carbons (Fsp3) is 0.571. The van der Waals surface area contributed by atoms with Crippen molar-refractivity contribution in [2.24, 2.45) is 0 Å². The maximum Gasteiger partial charge on any atom is 0.173 e. The second-order valence-corrected chi connectivity index (χ2v) is 7.66. The summed E-state index contributed by atoms with van der Waals surface area (Å²) in [6.45, 7) is 2.14. The molecule has 6 nitrogen and oxygen atoms in total. The Morgan fingerprint density at radius 3 is 2.70 bits per heavy atom. The normalized spacial score (nSPS) is 25.9. The highest BCUT2D eigenvalue weighted by Crippen LogP contribution is 2.50. The summed E-state index contributed by atoms with van der Waals surface area (Å²) in [4.78, 5) is 15.5. The predicted molar refractivity (Wildman–Crippen MR) is 97.8 cm³/mol. The first kappa shape index (κ1) is 17.1. The molecule has 6 heteroatoms. The van der Waals surface area contributed by atoms with E-state index in [0.717, 1.165) is 42.9 Å². The van der Waals surface area contributed by atoms with E-state index in [1.165, 1.54) is 16.8 Å². The topological polar surface area (TPSA) is 57.2 Å². The lowest BCUT2D eigenvalue weighted by Gasteiger charge is -2.47. The van der Waals surface area contributed by atoms with Crippen molar-refractivity contribution in [2.45, 2.75) is 43.9 Å². The molecule has 3 aliphatic heterocycles. The van der Waals surface area contributed by atoms with Crippen LogP contribution >= 0.6 is 0 Å². The molecule has 5 rings (SSSR count). The fourth-order valence-corrected chi connectivity index (χ4v) is 5.21. The number of benzene rings is 1. The number of carbonyl (C=O) groups is 1. The monoisotopic (exact) mass is 371 g/mol. The van der Waals surface area contributed by atoms with Gasteiger partial charge in [-0.3, -0.25) is 4.79 Å². The molecular weight excluding hydrogens is 346 g/mol. The SMILES string of the molecule is COc1ccc2c(c1OC)CCN1C3=C(CC4(CC3)OCCO4)C(=O)CC21. The number of rotatable bonds is 2. The van der Waals surface area contributed by atoms with Crippen LogP contribution in [0.15, 0.2) is 23.4 Å². The van der Waals surface area contributed by atoms with Crippen molar-refractivity contribution < 1.29 is 23.7 Å². The zero-order chi connectivity index (χ0) is 18.6. The van der Waals surface area contributed by atoms with E-state index in [-0.39, 0.29) is 11.8 Å². The molecule has 27 heavy (non-hydrogen) atoms. The lowest BCUT2D eigenvalue weighted by atomic mass is 9.78. The molecule has 0 radical (unpaired) electrons. The molecule has 0 amide bonds. The molecule has 3 heterocycles. The molecule has 0 saturated carbocycles. The summed E-state index contributed by atoms with van der Waals surface area (Å²) in [6, 6.07) is 4.13. The number of fused-ring (bicyclic) bond motifs is 4. The molecule has 144 valence electrons. The molecule has 0 N–H and O–H groups in total. The van der Waals surface area contributed by atoms with Gasteiger partial charge in [0, 0.05) is 42.6 Å². The predicted octanol–water partition coefficient (Wildman–Crippen LogP) is 2.76. The highest BCUT2D eigenvalue weighted by molar-refractivity contribution is 5.98.